The van der Waals surface area contributed by atoms with E-state index >= 15 is 0 Å². The van der Waals surface area contributed by atoms with Gasteiger partial charge >= 0.3 is 5.97 Å². The minimum absolute atomic E-state index is 0.131. The van der Waals surface area contributed by atoms with Crippen LogP contribution < -0.4 is 0 Å². The molecule has 92 valence electrons. The fourth-order valence-electron chi connectivity index (χ4n) is 1.96. The summed E-state index contributed by atoms with van der Waals surface area (Å²) in [5.41, 5.74) is -1.08. The van der Waals surface area contributed by atoms with Gasteiger partial charge in [0.2, 0.25) is 5.67 Å². The van der Waals surface area contributed by atoms with Crippen LogP contribution in [-0.4, -0.2) is 45.6 Å². The zero-order valence-corrected chi connectivity index (χ0v) is 9.36. The number of aromatic amines is 1. The zero-order valence-electron chi connectivity index (χ0n) is 9.36. The molecule has 1 aliphatic heterocycles. The van der Waals surface area contributed by atoms with Crippen molar-refractivity contribution in [3.8, 4) is 0 Å². The van der Waals surface area contributed by atoms with Gasteiger partial charge in [0.05, 0.1) is 12.1 Å². The highest BCUT2D eigenvalue weighted by Crippen LogP contribution is 2.27. The number of carbonyl (C=O) groups is 2. The minimum Gasteiger partial charge on any atom is -0.479 e. The van der Waals surface area contributed by atoms with Gasteiger partial charge in [-0.05, 0) is 12.5 Å². The van der Waals surface area contributed by atoms with Crippen LogP contribution >= 0.6 is 0 Å². The number of rotatable bonds is 2. The molecule has 1 aromatic heterocycles. The Morgan fingerprint density at radius 3 is 2.71 bits per heavy atom. The molecule has 1 saturated heterocycles. The SMILES string of the molecule is Cc1c[nH]cc1C(=O)N1CCC(F)(C(=O)O)C1. The van der Waals surface area contributed by atoms with Crippen LogP contribution in [0.2, 0.25) is 0 Å². The number of halogens is 1. The lowest BCUT2D eigenvalue weighted by Gasteiger charge is -2.17. The molecule has 1 aliphatic rings. The topological polar surface area (TPSA) is 73.4 Å². The predicted molar refractivity (Wildman–Crippen MR) is 57.5 cm³/mol. The predicted octanol–water partition coefficient (Wildman–Crippen LogP) is 0.962. The third-order valence-corrected chi connectivity index (χ3v) is 3.07. The normalized spacial score (nSPS) is 24.0. The van der Waals surface area contributed by atoms with Crippen LogP contribution in [0.4, 0.5) is 4.39 Å². The zero-order chi connectivity index (χ0) is 12.6. The molecule has 6 heteroatoms. The van der Waals surface area contributed by atoms with Crippen LogP contribution in [0.1, 0.15) is 22.3 Å². The highest BCUT2D eigenvalue weighted by molar-refractivity contribution is 5.96. The van der Waals surface area contributed by atoms with Crippen molar-refractivity contribution in [2.24, 2.45) is 0 Å². The van der Waals surface area contributed by atoms with Gasteiger partial charge in [0, 0.05) is 25.4 Å². The number of H-pyrrole nitrogens is 1. The molecule has 1 atom stereocenters. The Balaban J connectivity index is 2.15. The van der Waals surface area contributed by atoms with E-state index in [2.05, 4.69) is 4.98 Å². The molecule has 2 heterocycles. The van der Waals surface area contributed by atoms with Crippen molar-refractivity contribution in [3.05, 3.63) is 23.5 Å². The summed E-state index contributed by atoms with van der Waals surface area (Å²) < 4.78 is 13.8. The fraction of sp³-hybridized carbons (Fsp3) is 0.455. The summed E-state index contributed by atoms with van der Waals surface area (Å²) in [5, 5.41) is 8.74. The van der Waals surface area contributed by atoms with E-state index in [9.17, 15) is 14.0 Å². The van der Waals surface area contributed by atoms with Crippen molar-refractivity contribution in [2.45, 2.75) is 19.0 Å². The molecule has 0 saturated carbocycles. The Kier molecular flexibility index (Phi) is 2.65. The van der Waals surface area contributed by atoms with E-state index in [0.29, 0.717) is 5.56 Å². The average Bonchev–Trinajstić information content (AvgIpc) is 2.85. The number of aliphatic carboxylic acids is 1. The molecule has 1 aromatic rings. The summed E-state index contributed by atoms with van der Waals surface area (Å²) in [4.78, 5) is 26.7. The fourth-order valence-corrected chi connectivity index (χ4v) is 1.96. The first-order valence-electron chi connectivity index (χ1n) is 5.29. The number of alkyl halides is 1. The highest BCUT2D eigenvalue weighted by Gasteiger charge is 2.47. The quantitative estimate of drug-likeness (QED) is 0.808. The van der Waals surface area contributed by atoms with Gasteiger partial charge in [-0.1, -0.05) is 0 Å². The number of aromatic nitrogens is 1. The van der Waals surface area contributed by atoms with Gasteiger partial charge in [0.1, 0.15) is 0 Å². The molecule has 0 bridgehead atoms. The number of carbonyl (C=O) groups excluding carboxylic acids is 1. The van der Waals surface area contributed by atoms with E-state index in [-0.39, 0.29) is 25.4 Å². The lowest BCUT2D eigenvalue weighted by Crippen LogP contribution is -2.38. The van der Waals surface area contributed by atoms with E-state index < -0.39 is 11.6 Å². The first-order valence-corrected chi connectivity index (χ1v) is 5.29. The third kappa shape index (κ3) is 1.90. The Morgan fingerprint density at radius 2 is 2.24 bits per heavy atom. The number of hydrogen-bond acceptors (Lipinski definition) is 2. The van der Waals surface area contributed by atoms with Crippen molar-refractivity contribution in [2.75, 3.05) is 13.1 Å². The van der Waals surface area contributed by atoms with Gasteiger partial charge in [-0.25, -0.2) is 9.18 Å². The van der Waals surface area contributed by atoms with Crippen molar-refractivity contribution >= 4 is 11.9 Å². The highest BCUT2D eigenvalue weighted by atomic mass is 19.1. The summed E-state index contributed by atoms with van der Waals surface area (Å²) >= 11 is 0. The number of hydrogen-bond donors (Lipinski definition) is 2. The van der Waals surface area contributed by atoms with Gasteiger partial charge in [-0.2, -0.15) is 0 Å². The van der Waals surface area contributed by atoms with Crippen LogP contribution in [0.5, 0.6) is 0 Å². The third-order valence-electron chi connectivity index (χ3n) is 3.07. The largest absolute Gasteiger partial charge is 0.479 e. The lowest BCUT2D eigenvalue weighted by atomic mass is 10.1. The van der Waals surface area contributed by atoms with Crippen LogP contribution in [0.3, 0.4) is 0 Å². The van der Waals surface area contributed by atoms with Crippen LogP contribution in [0, 0.1) is 6.92 Å². The molecule has 1 amide bonds. The molecule has 0 radical (unpaired) electrons. The second-order valence-electron chi connectivity index (χ2n) is 4.30. The number of likely N-dealkylation sites (tertiary alicyclic amines) is 1. The van der Waals surface area contributed by atoms with E-state index in [1.54, 1.807) is 13.1 Å². The summed E-state index contributed by atoms with van der Waals surface area (Å²) in [6, 6.07) is 0. The molecule has 1 fully saturated rings. The number of amides is 1. The maximum Gasteiger partial charge on any atom is 0.343 e. The number of aryl methyl sites for hydroxylation is 1. The molecular formula is C11H13FN2O3. The van der Waals surface area contributed by atoms with Crippen LogP contribution in [0.15, 0.2) is 12.4 Å². The minimum atomic E-state index is -2.31. The molecule has 5 nitrogen and oxygen atoms in total. The van der Waals surface area contributed by atoms with E-state index in [1.165, 1.54) is 11.1 Å². The molecule has 0 spiro atoms. The van der Waals surface area contributed by atoms with Crippen molar-refractivity contribution in [1.82, 2.24) is 9.88 Å². The number of nitrogens with one attached hydrogen (secondary N) is 1. The van der Waals surface area contributed by atoms with E-state index in [0.717, 1.165) is 5.56 Å². The van der Waals surface area contributed by atoms with Crippen molar-refractivity contribution in [3.63, 3.8) is 0 Å². The Labute approximate surface area is 97.2 Å². The number of carboxylic acid groups (broad SMARTS) is 1. The van der Waals surface area contributed by atoms with Crippen molar-refractivity contribution in [1.29, 1.82) is 0 Å². The first-order chi connectivity index (χ1) is 7.94. The summed E-state index contributed by atoms with van der Waals surface area (Å²) in [6.07, 6.45) is 3.05. The van der Waals surface area contributed by atoms with Gasteiger partial charge in [0.15, 0.2) is 0 Å². The van der Waals surface area contributed by atoms with Crippen LogP contribution in [-0.2, 0) is 4.79 Å². The van der Waals surface area contributed by atoms with Gasteiger partial charge in [0.25, 0.3) is 5.91 Å². The first kappa shape index (κ1) is 11.6. The van der Waals surface area contributed by atoms with Crippen molar-refractivity contribution < 1.29 is 19.1 Å². The Morgan fingerprint density at radius 1 is 1.53 bits per heavy atom. The molecule has 2 N–H and O–H groups in total. The van der Waals surface area contributed by atoms with Gasteiger partial charge in [-0.3, -0.25) is 4.79 Å². The molecule has 0 aliphatic carbocycles. The second kappa shape index (κ2) is 3.87. The summed E-state index contributed by atoms with van der Waals surface area (Å²) in [5.74, 6) is -1.83. The lowest BCUT2D eigenvalue weighted by molar-refractivity contribution is -0.149. The molecule has 0 aromatic carbocycles. The second-order valence-corrected chi connectivity index (χ2v) is 4.30. The maximum absolute atomic E-state index is 13.8. The Hall–Kier alpha value is -1.85. The average molecular weight is 240 g/mol. The monoisotopic (exact) mass is 240 g/mol. The summed E-state index contributed by atoms with van der Waals surface area (Å²) in [7, 11) is 0. The number of carboxylic acids is 1. The molecular weight excluding hydrogens is 227 g/mol. The van der Waals surface area contributed by atoms with Gasteiger partial charge in [-0.15, -0.1) is 0 Å². The Bertz CT molecular complexity index is 471. The molecule has 1 unspecified atom stereocenters. The van der Waals surface area contributed by atoms with Crippen LogP contribution in [0.25, 0.3) is 0 Å². The summed E-state index contributed by atoms with van der Waals surface area (Å²) in [6.45, 7) is 1.51. The smallest absolute Gasteiger partial charge is 0.343 e. The standard InChI is InChI=1S/C11H13FN2O3/c1-7-4-13-5-8(7)9(15)14-3-2-11(12,6-14)10(16)17/h4-5,13H,2-3,6H2,1H3,(H,16,17). The molecule has 2 rings (SSSR count). The maximum atomic E-state index is 13.8. The van der Waals surface area contributed by atoms with E-state index in [4.69, 9.17) is 5.11 Å². The van der Waals surface area contributed by atoms with Gasteiger partial charge < -0.3 is 15.0 Å². The molecule has 17 heavy (non-hydrogen) atoms. The van der Waals surface area contributed by atoms with E-state index in [1.807, 2.05) is 0 Å². The number of nitrogens with zero attached hydrogens (tertiary/aromatic N) is 1.